The maximum absolute atomic E-state index is 12.5. The van der Waals surface area contributed by atoms with Crippen LogP contribution in [0.25, 0.3) is 17.1 Å². The summed E-state index contributed by atoms with van der Waals surface area (Å²) in [5.74, 6) is 1.44. The highest BCUT2D eigenvalue weighted by Gasteiger charge is 2.19. The van der Waals surface area contributed by atoms with Gasteiger partial charge in [-0.2, -0.15) is 0 Å². The molecule has 0 radical (unpaired) electrons. The second-order valence-corrected chi connectivity index (χ2v) is 8.10. The summed E-state index contributed by atoms with van der Waals surface area (Å²) in [7, 11) is 0. The summed E-state index contributed by atoms with van der Waals surface area (Å²) in [6, 6.07) is 24.5. The molecule has 0 spiro atoms. The van der Waals surface area contributed by atoms with Gasteiger partial charge in [0.25, 0.3) is 0 Å². The summed E-state index contributed by atoms with van der Waals surface area (Å²) >= 11 is 7.75. The van der Waals surface area contributed by atoms with Crippen LogP contribution < -0.4 is 10.1 Å². The Morgan fingerprint density at radius 3 is 2.44 bits per heavy atom. The lowest BCUT2D eigenvalue weighted by Gasteiger charge is -2.12. The third-order valence-corrected chi connectivity index (χ3v) is 5.80. The Bertz CT molecular complexity index is 1200. The molecule has 1 heterocycles. The molecule has 1 N–H and O–H groups in total. The first-order valence-corrected chi connectivity index (χ1v) is 11.4. The maximum atomic E-state index is 12.5. The third-order valence-electron chi connectivity index (χ3n) is 4.54. The molecule has 0 atom stereocenters. The molecule has 6 nitrogen and oxygen atoms in total. The predicted octanol–water partition coefficient (Wildman–Crippen LogP) is 5.72. The molecule has 0 fully saturated rings. The van der Waals surface area contributed by atoms with Crippen molar-refractivity contribution in [3.05, 3.63) is 83.9 Å². The van der Waals surface area contributed by atoms with Crippen LogP contribution in [0.4, 0.5) is 5.69 Å². The topological polar surface area (TPSA) is 69.0 Å². The molecule has 0 unspecified atom stereocenters. The van der Waals surface area contributed by atoms with Crippen molar-refractivity contribution in [2.75, 3.05) is 17.7 Å². The molecule has 1 aromatic heterocycles. The van der Waals surface area contributed by atoms with E-state index in [1.54, 1.807) is 0 Å². The molecule has 0 aliphatic rings. The number of nitrogens with one attached hydrogen (secondary N) is 1. The zero-order valence-corrected chi connectivity index (χ0v) is 18.9. The zero-order chi connectivity index (χ0) is 22.3. The summed E-state index contributed by atoms with van der Waals surface area (Å²) in [6.07, 6.45) is 0. The van der Waals surface area contributed by atoms with Gasteiger partial charge in [-0.25, -0.2) is 0 Å². The fraction of sp³-hybridized carbons (Fsp3) is 0.125. The van der Waals surface area contributed by atoms with E-state index in [1.807, 2.05) is 90.4 Å². The number of thioether (sulfide) groups is 1. The number of carbonyl (C=O) groups excluding carboxylic acids is 1. The molecular formula is C24H21ClN4O2S. The lowest BCUT2D eigenvalue weighted by Crippen LogP contribution is -2.14. The van der Waals surface area contributed by atoms with E-state index in [4.69, 9.17) is 16.3 Å². The van der Waals surface area contributed by atoms with Gasteiger partial charge in [-0.3, -0.25) is 9.36 Å². The van der Waals surface area contributed by atoms with Crippen LogP contribution in [0.15, 0.2) is 84.0 Å². The summed E-state index contributed by atoms with van der Waals surface area (Å²) in [5, 5.41) is 12.8. The monoisotopic (exact) mass is 464 g/mol. The van der Waals surface area contributed by atoms with Gasteiger partial charge in [-0.1, -0.05) is 53.7 Å². The number of para-hydroxylation sites is 1. The zero-order valence-electron chi connectivity index (χ0n) is 17.4. The van der Waals surface area contributed by atoms with Crippen LogP contribution in [-0.2, 0) is 4.79 Å². The summed E-state index contributed by atoms with van der Waals surface area (Å²) in [5.41, 5.74) is 2.36. The average molecular weight is 465 g/mol. The van der Waals surface area contributed by atoms with Crippen LogP contribution in [0.3, 0.4) is 0 Å². The minimum atomic E-state index is -0.123. The van der Waals surface area contributed by atoms with E-state index in [2.05, 4.69) is 15.5 Å². The number of amides is 1. The molecule has 3 aromatic carbocycles. The molecule has 0 aliphatic carbocycles. The van der Waals surface area contributed by atoms with Crippen molar-refractivity contribution in [2.45, 2.75) is 12.1 Å². The van der Waals surface area contributed by atoms with Crippen LogP contribution in [0.5, 0.6) is 5.75 Å². The highest BCUT2D eigenvalue weighted by molar-refractivity contribution is 7.99. The first-order chi connectivity index (χ1) is 15.7. The van der Waals surface area contributed by atoms with Gasteiger partial charge in [0.2, 0.25) is 5.91 Å². The third kappa shape index (κ3) is 5.12. The predicted molar refractivity (Wildman–Crippen MR) is 129 cm³/mol. The number of aromatic nitrogens is 3. The number of hydrogen-bond acceptors (Lipinski definition) is 5. The van der Waals surface area contributed by atoms with Gasteiger partial charge >= 0.3 is 0 Å². The fourth-order valence-corrected chi connectivity index (χ4v) is 4.09. The second-order valence-electron chi connectivity index (χ2n) is 6.75. The van der Waals surface area contributed by atoms with E-state index >= 15 is 0 Å². The SMILES string of the molecule is CCOc1ccc(-n2c(SCC(=O)Nc3ccccc3)nnc2-c2ccccc2Cl)cc1. The van der Waals surface area contributed by atoms with Crippen molar-refractivity contribution >= 4 is 35.0 Å². The van der Waals surface area contributed by atoms with Gasteiger partial charge in [-0.15, -0.1) is 10.2 Å². The Hall–Kier alpha value is -3.29. The number of ether oxygens (including phenoxy) is 1. The normalized spacial score (nSPS) is 10.7. The molecule has 32 heavy (non-hydrogen) atoms. The molecule has 0 saturated heterocycles. The molecule has 0 aliphatic heterocycles. The maximum Gasteiger partial charge on any atom is 0.234 e. The van der Waals surface area contributed by atoms with Crippen molar-refractivity contribution in [2.24, 2.45) is 0 Å². The molecule has 0 saturated carbocycles. The van der Waals surface area contributed by atoms with Crippen LogP contribution in [0.1, 0.15) is 6.92 Å². The van der Waals surface area contributed by atoms with Gasteiger partial charge in [0.05, 0.1) is 17.4 Å². The Morgan fingerprint density at radius 1 is 1.00 bits per heavy atom. The van der Waals surface area contributed by atoms with E-state index in [-0.39, 0.29) is 11.7 Å². The number of benzene rings is 3. The molecule has 8 heteroatoms. The minimum Gasteiger partial charge on any atom is -0.494 e. The molecular weight excluding hydrogens is 444 g/mol. The van der Waals surface area contributed by atoms with E-state index in [0.29, 0.717) is 22.6 Å². The van der Waals surface area contributed by atoms with E-state index in [1.165, 1.54) is 11.8 Å². The van der Waals surface area contributed by atoms with Crippen LogP contribution in [-0.4, -0.2) is 33.0 Å². The number of halogens is 1. The van der Waals surface area contributed by atoms with Crippen LogP contribution in [0, 0.1) is 0 Å². The summed E-state index contributed by atoms with van der Waals surface area (Å²) in [4.78, 5) is 12.5. The van der Waals surface area contributed by atoms with Gasteiger partial charge in [-0.05, 0) is 55.5 Å². The summed E-state index contributed by atoms with van der Waals surface area (Å²) in [6.45, 7) is 2.53. The Balaban J connectivity index is 1.63. The number of rotatable bonds is 8. The number of hydrogen-bond donors (Lipinski definition) is 1. The van der Waals surface area contributed by atoms with E-state index in [0.717, 1.165) is 22.7 Å². The first kappa shape index (κ1) is 21.9. The van der Waals surface area contributed by atoms with Crippen molar-refractivity contribution in [3.8, 4) is 22.8 Å². The highest BCUT2D eigenvalue weighted by atomic mass is 35.5. The Labute approximate surface area is 195 Å². The molecule has 162 valence electrons. The minimum absolute atomic E-state index is 0.123. The quantitative estimate of drug-likeness (QED) is 0.338. The molecule has 4 rings (SSSR count). The van der Waals surface area contributed by atoms with Gasteiger partial charge in [0.1, 0.15) is 5.75 Å². The number of nitrogens with zero attached hydrogens (tertiary/aromatic N) is 3. The molecule has 0 bridgehead atoms. The van der Waals surface area contributed by atoms with Crippen LogP contribution >= 0.6 is 23.4 Å². The molecule has 4 aromatic rings. The molecule has 1 amide bonds. The van der Waals surface area contributed by atoms with Crippen molar-refractivity contribution in [1.29, 1.82) is 0 Å². The van der Waals surface area contributed by atoms with Gasteiger partial charge in [0.15, 0.2) is 11.0 Å². The van der Waals surface area contributed by atoms with E-state index < -0.39 is 0 Å². The van der Waals surface area contributed by atoms with Crippen molar-refractivity contribution in [3.63, 3.8) is 0 Å². The largest absolute Gasteiger partial charge is 0.494 e. The van der Waals surface area contributed by atoms with Crippen LogP contribution in [0.2, 0.25) is 5.02 Å². The Kier molecular flexibility index (Phi) is 7.09. The number of carbonyl (C=O) groups is 1. The standard InChI is InChI=1S/C24H21ClN4O2S/c1-2-31-19-14-12-18(13-15-19)29-23(20-10-6-7-11-21(20)25)27-28-24(29)32-16-22(30)26-17-8-4-3-5-9-17/h3-15H,2,16H2,1H3,(H,26,30). The lowest BCUT2D eigenvalue weighted by atomic mass is 10.2. The fourth-order valence-electron chi connectivity index (χ4n) is 3.12. The smallest absolute Gasteiger partial charge is 0.234 e. The summed E-state index contributed by atoms with van der Waals surface area (Å²) < 4.78 is 7.46. The average Bonchev–Trinajstić information content (AvgIpc) is 3.23. The van der Waals surface area contributed by atoms with Gasteiger partial charge < -0.3 is 10.1 Å². The van der Waals surface area contributed by atoms with Crippen molar-refractivity contribution in [1.82, 2.24) is 14.8 Å². The van der Waals surface area contributed by atoms with Gasteiger partial charge in [0, 0.05) is 16.9 Å². The van der Waals surface area contributed by atoms with E-state index in [9.17, 15) is 4.79 Å². The first-order valence-electron chi connectivity index (χ1n) is 10.1. The lowest BCUT2D eigenvalue weighted by molar-refractivity contribution is -0.113. The second kappa shape index (κ2) is 10.3. The Morgan fingerprint density at radius 2 is 1.72 bits per heavy atom. The highest BCUT2D eigenvalue weighted by Crippen LogP contribution is 2.32. The number of anilines is 1. The van der Waals surface area contributed by atoms with Crippen molar-refractivity contribution < 1.29 is 9.53 Å².